The number of methoxy groups -OCH3 is 1. The minimum atomic E-state index is -0.758. The number of anilines is 4. The molecule has 0 saturated heterocycles. The Morgan fingerprint density at radius 3 is 2.35 bits per heavy atom. The SMILES string of the molecule is COC(=O)/N=C(/N)c1ccc(NCC2N(C)c3ccc(C(=O)N(CCC(N)=O)c4ccccn4)cc3N2C)cc1. The van der Waals surface area contributed by atoms with Gasteiger partial charge in [-0.1, -0.05) is 6.07 Å². The Hall–Kier alpha value is -5.13. The number of nitrogens with zero attached hydrogens (tertiary/aromatic N) is 5. The molecule has 3 amide bonds. The van der Waals surface area contributed by atoms with E-state index in [1.54, 1.807) is 42.6 Å². The molecular formula is C28H32N8O4. The minimum Gasteiger partial charge on any atom is -0.451 e. The summed E-state index contributed by atoms with van der Waals surface area (Å²) in [5, 5.41) is 3.42. The second kappa shape index (κ2) is 12.2. The standard InChI is InChI=1S/C28H32N8O4/c1-34-21-12-9-19(27(38)36(15-13-23(29)37)24-6-4-5-14-31-24)16-22(21)35(2)25(34)17-32-20-10-7-18(8-11-20)26(30)33-28(39)40-3/h4-12,14,16,25,32H,13,15,17H2,1-3H3,(H2,29,37)(H2,30,33,39). The third-order valence-electron chi connectivity index (χ3n) is 6.69. The molecule has 1 atom stereocenters. The summed E-state index contributed by atoms with van der Waals surface area (Å²) in [6.45, 7) is 0.707. The molecule has 1 unspecified atom stereocenters. The number of amidine groups is 1. The van der Waals surface area contributed by atoms with Crippen LogP contribution in [0.5, 0.6) is 0 Å². The largest absolute Gasteiger partial charge is 0.451 e. The van der Waals surface area contributed by atoms with E-state index in [2.05, 4.69) is 29.8 Å². The Morgan fingerprint density at radius 2 is 1.70 bits per heavy atom. The Morgan fingerprint density at radius 1 is 1.00 bits per heavy atom. The van der Waals surface area contributed by atoms with Gasteiger partial charge in [0.15, 0.2) is 0 Å². The highest BCUT2D eigenvalue weighted by Gasteiger charge is 2.32. The van der Waals surface area contributed by atoms with Crippen LogP contribution >= 0.6 is 0 Å². The highest BCUT2D eigenvalue weighted by molar-refractivity contribution is 6.07. The molecule has 40 heavy (non-hydrogen) atoms. The zero-order valence-electron chi connectivity index (χ0n) is 22.6. The first-order valence-corrected chi connectivity index (χ1v) is 12.6. The number of hydrogen-bond acceptors (Lipinski definition) is 8. The fourth-order valence-corrected chi connectivity index (χ4v) is 4.48. The van der Waals surface area contributed by atoms with Crippen LogP contribution in [0.3, 0.4) is 0 Å². The predicted molar refractivity (Wildman–Crippen MR) is 155 cm³/mol. The Bertz CT molecular complexity index is 1410. The van der Waals surface area contributed by atoms with E-state index in [0.29, 0.717) is 23.5 Å². The van der Waals surface area contributed by atoms with Crippen molar-refractivity contribution < 1.29 is 19.1 Å². The van der Waals surface area contributed by atoms with Crippen molar-refractivity contribution in [3.05, 3.63) is 78.0 Å². The fraction of sp³-hybridized carbons (Fsp3) is 0.250. The van der Waals surface area contributed by atoms with E-state index < -0.39 is 12.0 Å². The maximum absolute atomic E-state index is 13.5. The molecular weight excluding hydrogens is 512 g/mol. The Balaban J connectivity index is 1.47. The lowest BCUT2D eigenvalue weighted by Gasteiger charge is -2.28. The van der Waals surface area contributed by atoms with Crippen LogP contribution in [0.25, 0.3) is 0 Å². The molecule has 3 aromatic rings. The molecule has 1 aliphatic heterocycles. The number of carbonyl (C=O) groups is 3. The third-order valence-corrected chi connectivity index (χ3v) is 6.69. The van der Waals surface area contributed by atoms with Crippen LogP contribution in [0.1, 0.15) is 22.3 Å². The summed E-state index contributed by atoms with van der Waals surface area (Å²) in [4.78, 5) is 50.0. The molecule has 12 nitrogen and oxygen atoms in total. The lowest BCUT2D eigenvalue weighted by atomic mass is 10.1. The molecule has 12 heteroatoms. The van der Waals surface area contributed by atoms with Gasteiger partial charge in [-0.25, -0.2) is 9.78 Å². The van der Waals surface area contributed by atoms with Gasteiger partial charge in [0.05, 0.1) is 25.0 Å². The van der Waals surface area contributed by atoms with Gasteiger partial charge in [-0.2, -0.15) is 4.99 Å². The van der Waals surface area contributed by atoms with Gasteiger partial charge in [0.1, 0.15) is 17.8 Å². The molecule has 2 aromatic carbocycles. The smallest absolute Gasteiger partial charge is 0.435 e. The number of fused-ring (bicyclic) bond motifs is 1. The van der Waals surface area contributed by atoms with E-state index in [1.807, 2.05) is 38.4 Å². The van der Waals surface area contributed by atoms with Crippen LogP contribution in [0.4, 0.5) is 27.7 Å². The monoisotopic (exact) mass is 544 g/mol. The molecule has 0 saturated carbocycles. The van der Waals surface area contributed by atoms with Crippen LogP contribution in [-0.4, -0.2) is 69.2 Å². The number of nitrogens with one attached hydrogen (secondary N) is 1. The molecule has 1 aliphatic rings. The average Bonchev–Trinajstić information content (AvgIpc) is 3.20. The van der Waals surface area contributed by atoms with Crippen LogP contribution < -0.4 is 31.5 Å². The van der Waals surface area contributed by atoms with Crippen LogP contribution in [0.2, 0.25) is 0 Å². The lowest BCUT2D eigenvalue weighted by molar-refractivity contribution is -0.117. The van der Waals surface area contributed by atoms with E-state index in [1.165, 1.54) is 12.0 Å². The van der Waals surface area contributed by atoms with Crippen molar-refractivity contribution >= 4 is 46.6 Å². The molecule has 0 radical (unpaired) electrons. The predicted octanol–water partition coefficient (Wildman–Crippen LogP) is 2.40. The summed E-state index contributed by atoms with van der Waals surface area (Å²) in [6.07, 6.45) is 0.829. The number of likely N-dealkylation sites (N-methyl/N-ethyl adjacent to an activating group) is 2. The quantitative estimate of drug-likeness (QED) is 0.271. The van der Waals surface area contributed by atoms with Gasteiger partial charge in [-0.15, -0.1) is 0 Å². The van der Waals surface area contributed by atoms with E-state index in [-0.39, 0.29) is 30.9 Å². The highest BCUT2D eigenvalue weighted by Crippen LogP contribution is 2.38. The molecule has 0 fully saturated rings. The summed E-state index contributed by atoms with van der Waals surface area (Å²) in [5.41, 5.74) is 15.0. The van der Waals surface area contributed by atoms with Crippen molar-refractivity contribution in [2.45, 2.75) is 12.6 Å². The second-order valence-corrected chi connectivity index (χ2v) is 9.19. The summed E-state index contributed by atoms with van der Waals surface area (Å²) in [7, 11) is 5.21. The number of benzene rings is 2. The summed E-state index contributed by atoms with van der Waals surface area (Å²) in [6, 6.07) is 18.1. The number of aliphatic imine (C=N–C) groups is 1. The number of pyridine rings is 1. The first kappa shape index (κ1) is 27.9. The number of primary amides is 1. The summed E-state index contributed by atoms with van der Waals surface area (Å²) >= 11 is 0. The zero-order valence-corrected chi connectivity index (χ0v) is 22.6. The first-order chi connectivity index (χ1) is 19.2. The van der Waals surface area contributed by atoms with Gasteiger partial charge in [0.2, 0.25) is 5.91 Å². The average molecular weight is 545 g/mol. The van der Waals surface area contributed by atoms with Crippen LogP contribution in [0, 0.1) is 0 Å². The van der Waals surface area contributed by atoms with Crippen LogP contribution in [-0.2, 0) is 9.53 Å². The molecule has 208 valence electrons. The normalized spacial score (nSPS) is 14.5. The zero-order chi connectivity index (χ0) is 28.8. The molecule has 4 rings (SSSR count). The third kappa shape index (κ3) is 6.12. The Labute approximate surface area is 232 Å². The molecule has 5 N–H and O–H groups in total. The maximum Gasteiger partial charge on any atom is 0.435 e. The number of ether oxygens (including phenoxy) is 1. The number of aromatic nitrogens is 1. The van der Waals surface area contributed by atoms with E-state index in [9.17, 15) is 14.4 Å². The van der Waals surface area contributed by atoms with Crippen molar-refractivity contribution in [1.29, 1.82) is 0 Å². The van der Waals surface area contributed by atoms with Gasteiger partial charge in [0, 0.05) is 50.1 Å². The number of hydrogen-bond donors (Lipinski definition) is 3. The molecule has 0 bridgehead atoms. The topological polar surface area (TPSA) is 159 Å². The molecule has 0 spiro atoms. The van der Waals surface area contributed by atoms with Crippen molar-refractivity contribution in [1.82, 2.24) is 4.98 Å². The van der Waals surface area contributed by atoms with Gasteiger partial charge in [-0.3, -0.25) is 14.5 Å². The van der Waals surface area contributed by atoms with Crippen molar-refractivity contribution in [3.63, 3.8) is 0 Å². The fourth-order valence-electron chi connectivity index (χ4n) is 4.48. The molecule has 0 aliphatic carbocycles. The van der Waals surface area contributed by atoms with Gasteiger partial charge in [-0.05, 0) is 54.6 Å². The van der Waals surface area contributed by atoms with E-state index in [4.69, 9.17) is 11.5 Å². The van der Waals surface area contributed by atoms with Gasteiger partial charge < -0.3 is 31.3 Å². The molecule has 1 aromatic heterocycles. The second-order valence-electron chi connectivity index (χ2n) is 9.19. The summed E-state index contributed by atoms with van der Waals surface area (Å²) < 4.78 is 4.51. The number of amides is 3. The van der Waals surface area contributed by atoms with E-state index in [0.717, 1.165) is 17.1 Å². The highest BCUT2D eigenvalue weighted by atomic mass is 16.5. The van der Waals surface area contributed by atoms with Crippen LogP contribution in [0.15, 0.2) is 71.9 Å². The maximum atomic E-state index is 13.5. The van der Waals surface area contributed by atoms with Crippen molar-refractivity contribution in [3.8, 4) is 0 Å². The first-order valence-electron chi connectivity index (χ1n) is 12.6. The minimum absolute atomic E-state index is 0.0231. The van der Waals surface area contributed by atoms with Gasteiger partial charge in [0.25, 0.3) is 5.91 Å². The molecule has 2 heterocycles. The van der Waals surface area contributed by atoms with Crippen molar-refractivity contribution in [2.75, 3.05) is 54.3 Å². The Kier molecular flexibility index (Phi) is 8.48. The lowest BCUT2D eigenvalue weighted by Crippen LogP contribution is -2.44. The number of carbonyl (C=O) groups excluding carboxylic acids is 3. The number of nitrogens with two attached hydrogens (primary N) is 2. The summed E-state index contributed by atoms with van der Waals surface area (Å²) in [5.74, 6) is -0.237. The van der Waals surface area contributed by atoms with E-state index >= 15 is 0 Å². The van der Waals surface area contributed by atoms with Crippen molar-refractivity contribution in [2.24, 2.45) is 16.5 Å². The number of rotatable bonds is 9. The van der Waals surface area contributed by atoms with Gasteiger partial charge >= 0.3 is 6.09 Å².